The monoisotopic (exact) mass is 576 g/mol. The van der Waals surface area contributed by atoms with Gasteiger partial charge in [0.05, 0.1) is 18.4 Å². The van der Waals surface area contributed by atoms with E-state index in [-0.39, 0.29) is 11.4 Å². The highest BCUT2D eigenvalue weighted by Gasteiger charge is 2.34. The molecule has 0 atom stereocenters. The number of pyridine rings is 1. The number of anilines is 3. The Kier molecular flexibility index (Phi) is 8.20. The molecule has 2 amide bonds. The van der Waals surface area contributed by atoms with Crippen LogP contribution in [0.15, 0.2) is 85.6 Å². The average Bonchev–Trinajstić information content (AvgIpc) is 3.46. The van der Waals surface area contributed by atoms with Gasteiger partial charge < -0.3 is 30.4 Å². The number of nitrogens with two attached hydrogens (primary N) is 1. The molecular weight excluding hydrogens is 549 g/mol. The van der Waals surface area contributed by atoms with Gasteiger partial charge >= 0.3 is 12.2 Å². The minimum absolute atomic E-state index is 0.0390. The molecule has 3 heterocycles. The summed E-state index contributed by atoms with van der Waals surface area (Å²) in [4.78, 5) is 28.2. The normalized spacial score (nSPS) is 11.4. The number of fused-ring (bicyclic) bond motifs is 1. The lowest BCUT2D eigenvalue weighted by Gasteiger charge is -2.24. The lowest BCUT2D eigenvalue weighted by atomic mass is 10.1. The minimum atomic E-state index is -4.64. The molecule has 0 saturated carbocycles. The Morgan fingerprint density at radius 3 is 2.52 bits per heavy atom. The lowest BCUT2D eigenvalue weighted by molar-refractivity contribution is -0.138. The quantitative estimate of drug-likeness (QED) is 0.214. The predicted molar refractivity (Wildman–Crippen MR) is 153 cm³/mol. The van der Waals surface area contributed by atoms with Gasteiger partial charge in [0.1, 0.15) is 5.75 Å². The molecule has 216 valence electrons. The number of alkyl halides is 3. The number of carbonyl (C=O) groups is 1. The molecule has 0 bridgehead atoms. The summed E-state index contributed by atoms with van der Waals surface area (Å²) in [7, 11) is 1.15. The molecule has 0 aliphatic rings. The molecule has 0 aliphatic heterocycles. The number of methoxy groups -OCH3 is 1. The number of rotatable bonds is 9. The molecular formula is C29H27F3N8O2. The third-order valence-electron chi connectivity index (χ3n) is 6.36. The highest BCUT2D eigenvalue weighted by molar-refractivity contribution is 6.00. The zero-order chi connectivity index (χ0) is 29.7. The van der Waals surface area contributed by atoms with Crippen LogP contribution in [0.5, 0.6) is 5.75 Å². The molecule has 42 heavy (non-hydrogen) atoms. The molecule has 0 aliphatic carbocycles. The third kappa shape index (κ3) is 6.41. The zero-order valence-corrected chi connectivity index (χ0v) is 22.5. The molecule has 0 radical (unpaired) electrons. The Hall–Kier alpha value is -5.17. The van der Waals surface area contributed by atoms with Crippen LogP contribution in [-0.4, -0.2) is 45.6 Å². The first-order valence-electron chi connectivity index (χ1n) is 12.9. The molecule has 4 N–H and O–H groups in total. The molecule has 2 aromatic carbocycles. The van der Waals surface area contributed by atoms with Gasteiger partial charge in [0.15, 0.2) is 11.5 Å². The van der Waals surface area contributed by atoms with E-state index >= 15 is 0 Å². The Morgan fingerprint density at radius 2 is 1.81 bits per heavy atom. The van der Waals surface area contributed by atoms with Crippen LogP contribution >= 0.6 is 0 Å². The summed E-state index contributed by atoms with van der Waals surface area (Å²) in [5.41, 5.74) is 8.33. The summed E-state index contributed by atoms with van der Waals surface area (Å²) in [6, 6.07) is 13.4. The van der Waals surface area contributed by atoms with Crippen molar-refractivity contribution in [3.63, 3.8) is 0 Å². The van der Waals surface area contributed by atoms with E-state index in [0.29, 0.717) is 48.0 Å². The van der Waals surface area contributed by atoms with Crippen LogP contribution in [0.25, 0.3) is 16.9 Å². The maximum atomic E-state index is 13.4. The van der Waals surface area contributed by atoms with Crippen molar-refractivity contribution in [3.8, 4) is 17.0 Å². The van der Waals surface area contributed by atoms with E-state index in [2.05, 4.69) is 20.6 Å². The van der Waals surface area contributed by atoms with Crippen molar-refractivity contribution in [2.45, 2.75) is 12.7 Å². The molecule has 13 heteroatoms. The Bertz CT molecular complexity index is 1690. The summed E-state index contributed by atoms with van der Waals surface area (Å²) >= 11 is 0. The third-order valence-corrected chi connectivity index (χ3v) is 6.36. The SMILES string of the molecule is COc1ccc(NC(=O)Nc2cccc(-c3cn4ccnc4c(N(CCN)Cc4ccncc4)n3)c2)cc1C(F)(F)F. The highest BCUT2D eigenvalue weighted by Crippen LogP contribution is 2.37. The number of hydrogen-bond donors (Lipinski definition) is 3. The standard InChI is InChI=1S/C29H27F3N8O2/c1-42-25-6-5-22(16-23(25)29(30,31)32)37-28(41)36-21-4-2-3-20(15-21)24-18-40-14-12-35-26(40)27(38-24)39(13-9-33)17-19-7-10-34-11-8-19/h2-8,10-12,14-16,18H,9,13,17,33H2,1H3,(H2,36,37,41). The lowest BCUT2D eigenvalue weighted by Crippen LogP contribution is -2.30. The molecule has 0 spiro atoms. The van der Waals surface area contributed by atoms with Gasteiger partial charge in [-0.3, -0.25) is 4.98 Å². The van der Waals surface area contributed by atoms with E-state index in [4.69, 9.17) is 15.5 Å². The van der Waals surface area contributed by atoms with E-state index in [1.165, 1.54) is 6.07 Å². The maximum absolute atomic E-state index is 13.4. The van der Waals surface area contributed by atoms with Crippen LogP contribution in [0, 0.1) is 0 Å². The number of benzene rings is 2. The van der Waals surface area contributed by atoms with Gasteiger partial charge in [-0.25, -0.2) is 14.8 Å². The number of nitrogens with one attached hydrogen (secondary N) is 2. The number of imidazole rings is 1. The second-order valence-electron chi connectivity index (χ2n) is 9.25. The molecule has 5 aromatic rings. The van der Waals surface area contributed by atoms with Gasteiger partial charge in [-0.05, 0) is 48.0 Å². The van der Waals surface area contributed by atoms with E-state index < -0.39 is 17.8 Å². The number of nitrogens with zero attached hydrogens (tertiary/aromatic N) is 5. The number of ether oxygens (including phenoxy) is 1. The van der Waals surface area contributed by atoms with Crippen LogP contribution < -0.4 is 26.0 Å². The first-order chi connectivity index (χ1) is 20.2. The fourth-order valence-electron chi connectivity index (χ4n) is 4.45. The number of hydrogen-bond acceptors (Lipinski definition) is 7. The minimum Gasteiger partial charge on any atom is -0.496 e. The fraction of sp³-hybridized carbons (Fsp3) is 0.172. The van der Waals surface area contributed by atoms with Crippen LogP contribution in [0.4, 0.5) is 35.2 Å². The van der Waals surface area contributed by atoms with Crippen molar-refractivity contribution in [1.29, 1.82) is 0 Å². The number of halogens is 3. The maximum Gasteiger partial charge on any atom is 0.420 e. The van der Waals surface area contributed by atoms with E-state index in [0.717, 1.165) is 24.8 Å². The molecule has 0 fully saturated rings. The summed E-state index contributed by atoms with van der Waals surface area (Å²) in [5.74, 6) is 0.296. The molecule has 10 nitrogen and oxygen atoms in total. The topological polar surface area (TPSA) is 123 Å². The van der Waals surface area contributed by atoms with Gasteiger partial charge in [-0.15, -0.1) is 0 Å². The first-order valence-corrected chi connectivity index (χ1v) is 12.9. The summed E-state index contributed by atoms with van der Waals surface area (Å²) in [5, 5.41) is 5.11. The largest absolute Gasteiger partial charge is 0.496 e. The molecule has 3 aromatic heterocycles. The van der Waals surface area contributed by atoms with Crippen molar-refractivity contribution in [2.24, 2.45) is 5.73 Å². The number of aromatic nitrogens is 4. The second-order valence-corrected chi connectivity index (χ2v) is 9.25. The number of carbonyl (C=O) groups excluding carboxylic acids is 1. The van der Waals surface area contributed by atoms with Crippen LogP contribution in [0.1, 0.15) is 11.1 Å². The number of urea groups is 1. The van der Waals surface area contributed by atoms with Gasteiger partial charge in [0.25, 0.3) is 0 Å². The fourth-order valence-corrected chi connectivity index (χ4v) is 4.45. The van der Waals surface area contributed by atoms with Gasteiger partial charge in [0.2, 0.25) is 0 Å². The van der Waals surface area contributed by atoms with Crippen LogP contribution in [0.2, 0.25) is 0 Å². The average molecular weight is 577 g/mol. The van der Waals surface area contributed by atoms with E-state index in [9.17, 15) is 18.0 Å². The molecule has 0 saturated heterocycles. The predicted octanol–water partition coefficient (Wildman–Crippen LogP) is 5.43. The Labute approximate surface area is 239 Å². The summed E-state index contributed by atoms with van der Waals surface area (Å²) < 4.78 is 46.8. The van der Waals surface area contributed by atoms with Crippen molar-refractivity contribution < 1.29 is 22.7 Å². The zero-order valence-electron chi connectivity index (χ0n) is 22.5. The van der Waals surface area contributed by atoms with Gasteiger partial charge in [0, 0.05) is 67.6 Å². The van der Waals surface area contributed by atoms with Crippen molar-refractivity contribution in [2.75, 3.05) is 35.7 Å². The first kappa shape index (κ1) is 28.4. The molecule has 0 unspecified atom stereocenters. The van der Waals surface area contributed by atoms with Gasteiger partial charge in [-0.1, -0.05) is 12.1 Å². The second kappa shape index (κ2) is 12.1. The van der Waals surface area contributed by atoms with Crippen LogP contribution in [0.3, 0.4) is 0 Å². The smallest absolute Gasteiger partial charge is 0.420 e. The van der Waals surface area contributed by atoms with Crippen molar-refractivity contribution >= 4 is 28.9 Å². The molecule has 5 rings (SSSR count). The highest BCUT2D eigenvalue weighted by atomic mass is 19.4. The Balaban J connectivity index is 1.40. The van der Waals surface area contributed by atoms with Crippen molar-refractivity contribution in [3.05, 3.63) is 96.7 Å². The Morgan fingerprint density at radius 1 is 1.05 bits per heavy atom. The van der Waals surface area contributed by atoms with Crippen molar-refractivity contribution in [1.82, 2.24) is 19.4 Å². The summed E-state index contributed by atoms with van der Waals surface area (Å²) in [6.07, 6.45) is 4.13. The van der Waals surface area contributed by atoms with Gasteiger partial charge in [-0.2, -0.15) is 13.2 Å². The van der Waals surface area contributed by atoms with Crippen LogP contribution in [-0.2, 0) is 12.7 Å². The van der Waals surface area contributed by atoms with E-state index in [1.54, 1.807) is 36.8 Å². The van der Waals surface area contributed by atoms with E-state index in [1.807, 2.05) is 39.9 Å². The number of amides is 2. The summed E-state index contributed by atoms with van der Waals surface area (Å²) in [6.45, 7) is 1.48.